The van der Waals surface area contributed by atoms with Crippen molar-refractivity contribution in [3.63, 3.8) is 0 Å². The molecule has 0 bridgehead atoms. The topological polar surface area (TPSA) is 55.1 Å². The minimum atomic E-state index is 0.208. The maximum Gasteiger partial charge on any atom is 0.220 e. The van der Waals surface area contributed by atoms with Crippen LogP contribution in [-0.4, -0.2) is 18.5 Å². The lowest BCUT2D eigenvalue weighted by Crippen LogP contribution is -2.32. The second-order valence-electron chi connectivity index (χ2n) is 6.56. The average molecular weight is 284 g/mol. The van der Waals surface area contributed by atoms with Gasteiger partial charge >= 0.3 is 0 Å². The third kappa shape index (κ3) is 11.3. The van der Waals surface area contributed by atoms with Crippen molar-refractivity contribution in [1.29, 1.82) is 0 Å². The monoisotopic (exact) mass is 284 g/mol. The molecule has 0 rings (SSSR count). The van der Waals surface area contributed by atoms with E-state index >= 15 is 0 Å². The lowest BCUT2D eigenvalue weighted by Gasteiger charge is -2.17. The van der Waals surface area contributed by atoms with Crippen molar-refractivity contribution < 1.29 is 4.79 Å². The van der Waals surface area contributed by atoms with Crippen LogP contribution in [0.15, 0.2) is 0 Å². The molecule has 3 N–H and O–H groups in total. The molecule has 20 heavy (non-hydrogen) atoms. The van der Waals surface area contributed by atoms with Crippen molar-refractivity contribution in [1.82, 2.24) is 5.32 Å². The SMILES string of the molecule is CCCC(CCN)CCC(=O)NC(C)CCCC(C)C. The van der Waals surface area contributed by atoms with Crippen LogP contribution in [-0.2, 0) is 4.79 Å². The fraction of sp³-hybridized carbons (Fsp3) is 0.941. The predicted octanol–water partition coefficient (Wildman–Crippen LogP) is 3.86. The summed E-state index contributed by atoms with van der Waals surface area (Å²) in [5, 5.41) is 3.12. The Hall–Kier alpha value is -0.570. The van der Waals surface area contributed by atoms with E-state index in [9.17, 15) is 4.79 Å². The van der Waals surface area contributed by atoms with Gasteiger partial charge in [0.2, 0.25) is 5.91 Å². The molecule has 0 spiro atoms. The molecule has 0 aromatic rings. The van der Waals surface area contributed by atoms with E-state index in [0.29, 0.717) is 18.4 Å². The molecule has 120 valence electrons. The van der Waals surface area contributed by atoms with Gasteiger partial charge in [0.05, 0.1) is 0 Å². The summed E-state index contributed by atoms with van der Waals surface area (Å²) in [6.07, 6.45) is 8.58. The van der Waals surface area contributed by atoms with Crippen LogP contribution >= 0.6 is 0 Å². The van der Waals surface area contributed by atoms with Crippen molar-refractivity contribution in [2.45, 2.75) is 85.1 Å². The molecule has 0 aromatic heterocycles. The Bertz CT molecular complexity index is 235. The number of amides is 1. The van der Waals surface area contributed by atoms with Crippen LogP contribution in [0, 0.1) is 11.8 Å². The Morgan fingerprint density at radius 2 is 1.75 bits per heavy atom. The molecule has 0 aromatic carbocycles. The molecule has 0 aliphatic rings. The Kier molecular flexibility index (Phi) is 11.8. The number of nitrogens with one attached hydrogen (secondary N) is 1. The second-order valence-corrected chi connectivity index (χ2v) is 6.56. The standard InChI is InChI=1S/C17H36N2O/c1-5-7-16(12-13-18)10-11-17(20)19-15(4)9-6-8-14(2)3/h14-16H,5-13,18H2,1-4H3,(H,19,20). The fourth-order valence-electron chi connectivity index (χ4n) is 2.66. The molecule has 0 radical (unpaired) electrons. The van der Waals surface area contributed by atoms with E-state index in [4.69, 9.17) is 5.73 Å². The van der Waals surface area contributed by atoms with E-state index in [1.54, 1.807) is 0 Å². The highest BCUT2D eigenvalue weighted by Gasteiger charge is 2.12. The van der Waals surface area contributed by atoms with Crippen LogP contribution in [0.5, 0.6) is 0 Å². The second kappa shape index (κ2) is 12.2. The maximum atomic E-state index is 11.9. The minimum absolute atomic E-state index is 0.208. The van der Waals surface area contributed by atoms with Crippen LogP contribution in [0.1, 0.15) is 79.1 Å². The summed E-state index contributed by atoms with van der Waals surface area (Å²) >= 11 is 0. The van der Waals surface area contributed by atoms with Gasteiger partial charge in [0.15, 0.2) is 0 Å². The molecule has 0 aliphatic heterocycles. The summed E-state index contributed by atoms with van der Waals surface area (Å²) in [5.74, 6) is 1.58. The van der Waals surface area contributed by atoms with Gasteiger partial charge in [0.1, 0.15) is 0 Å². The highest BCUT2D eigenvalue weighted by molar-refractivity contribution is 5.76. The summed E-state index contributed by atoms with van der Waals surface area (Å²) < 4.78 is 0. The molecule has 3 heteroatoms. The van der Waals surface area contributed by atoms with E-state index in [0.717, 1.165) is 31.7 Å². The van der Waals surface area contributed by atoms with Gasteiger partial charge < -0.3 is 11.1 Å². The van der Waals surface area contributed by atoms with Gasteiger partial charge in [-0.3, -0.25) is 4.79 Å². The third-order valence-electron chi connectivity index (χ3n) is 3.88. The van der Waals surface area contributed by atoms with E-state index in [2.05, 4.69) is 33.0 Å². The van der Waals surface area contributed by atoms with Gasteiger partial charge in [-0.15, -0.1) is 0 Å². The quantitative estimate of drug-likeness (QED) is 0.571. The summed E-state index contributed by atoms with van der Waals surface area (Å²) in [6.45, 7) is 9.53. The number of hydrogen-bond donors (Lipinski definition) is 2. The summed E-state index contributed by atoms with van der Waals surface area (Å²) in [5.41, 5.74) is 5.63. The molecule has 0 heterocycles. The molecule has 1 amide bonds. The van der Waals surface area contributed by atoms with Crippen molar-refractivity contribution in [2.24, 2.45) is 17.6 Å². The predicted molar refractivity (Wildman–Crippen MR) is 87.6 cm³/mol. The van der Waals surface area contributed by atoms with Gasteiger partial charge in [-0.2, -0.15) is 0 Å². The van der Waals surface area contributed by atoms with Gasteiger partial charge in [-0.05, 0) is 44.6 Å². The van der Waals surface area contributed by atoms with Crippen molar-refractivity contribution in [2.75, 3.05) is 6.54 Å². The first-order valence-corrected chi connectivity index (χ1v) is 8.49. The Balaban J connectivity index is 3.79. The lowest BCUT2D eigenvalue weighted by atomic mass is 9.94. The van der Waals surface area contributed by atoms with Gasteiger partial charge in [0.25, 0.3) is 0 Å². The number of hydrogen-bond acceptors (Lipinski definition) is 2. The molecule has 0 saturated carbocycles. The van der Waals surface area contributed by atoms with Gasteiger partial charge in [-0.25, -0.2) is 0 Å². The Morgan fingerprint density at radius 1 is 1.05 bits per heavy atom. The van der Waals surface area contributed by atoms with Crippen molar-refractivity contribution in [3.05, 3.63) is 0 Å². The average Bonchev–Trinajstić information content (AvgIpc) is 2.36. The van der Waals surface area contributed by atoms with Gasteiger partial charge in [-0.1, -0.05) is 46.5 Å². The fourth-order valence-corrected chi connectivity index (χ4v) is 2.66. The highest BCUT2D eigenvalue weighted by Crippen LogP contribution is 2.17. The zero-order valence-corrected chi connectivity index (χ0v) is 14.1. The molecule has 0 fully saturated rings. The van der Waals surface area contributed by atoms with Crippen molar-refractivity contribution >= 4 is 5.91 Å². The third-order valence-corrected chi connectivity index (χ3v) is 3.88. The van der Waals surface area contributed by atoms with E-state index in [1.165, 1.54) is 25.7 Å². The van der Waals surface area contributed by atoms with E-state index < -0.39 is 0 Å². The van der Waals surface area contributed by atoms with E-state index in [1.807, 2.05) is 0 Å². The molecule has 2 unspecified atom stereocenters. The molecule has 0 saturated heterocycles. The smallest absolute Gasteiger partial charge is 0.220 e. The summed E-state index contributed by atoms with van der Waals surface area (Å²) in [6, 6.07) is 0.306. The van der Waals surface area contributed by atoms with Crippen LogP contribution < -0.4 is 11.1 Å². The lowest BCUT2D eigenvalue weighted by molar-refractivity contribution is -0.122. The van der Waals surface area contributed by atoms with Crippen LogP contribution in [0.4, 0.5) is 0 Å². The number of nitrogens with two attached hydrogens (primary N) is 1. The maximum absolute atomic E-state index is 11.9. The van der Waals surface area contributed by atoms with Gasteiger partial charge in [0, 0.05) is 12.5 Å². The largest absolute Gasteiger partial charge is 0.354 e. The molecule has 3 nitrogen and oxygen atoms in total. The first-order chi connectivity index (χ1) is 9.49. The first kappa shape index (κ1) is 19.4. The molecule has 2 atom stereocenters. The first-order valence-electron chi connectivity index (χ1n) is 8.49. The molecular formula is C17H36N2O. The number of rotatable bonds is 12. The Labute approximate surface area is 126 Å². The molecule has 0 aliphatic carbocycles. The summed E-state index contributed by atoms with van der Waals surface area (Å²) in [7, 11) is 0. The minimum Gasteiger partial charge on any atom is -0.354 e. The Morgan fingerprint density at radius 3 is 2.30 bits per heavy atom. The van der Waals surface area contributed by atoms with Crippen molar-refractivity contribution in [3.8, 4) is 0 Å². The van der Waals surface area contributed by atoms with Crippen LogP contribution in [0.2, 0.25) is 0 Å². The summed E-state index contributed by atoms with van der Waals surface area (Å²) in [4.78, 5) is 11.9. The van der Waals surface area contributed by atoms with Crippen LogP contribution in [0.3, 0.4) is 0 Å². The zero-order valence-electron chi connectivity index (χ0n) is 14.1. The van der Waals surface area contributed by atoms with E-state index in [-0.39, 0.29) is 5.91 Å². The number of carbonyl (C=O) groups is 1. The molecular weight excluding hydrogens is 248 g/mol. The normalized spacial score (nSPS) is 14.3. The highest BCUT2D eigenvalue weighted by atomic mass is 16.1. The zero-order chi connectivity index (χ0) is 15.4. The van der Waals surface area contributed by atoms with Crippen LogP contribution in [0.25, 0.3) is 0 Å². The number of carbonyl (C=O) groups excluding carboxylic acids is 1.